The van der Waals surface area contributed by atoms with Crippen LogP contribution in [0, 0.1) is 0 Å². The fourth-order valence-electron chi connectivity index (χ4n) is 3.01. The van der Waals surface area contributed by atoms with Crippen LogP contribution in [0.2, 0.25) is 0 Å². The standard InChI is InChI=1S/C16H21N3O/c1-18-12-17-9-16(18)14-5-2-4-13(8-14)10-19-7-3-6-15(19)11-20/h2,4-5,8-9,12,15,20H,3,6-7,10-11H2,1H3/t15-/m0/s1. The molecule has 106 valence electrons. The van der Waals surface area contributed by atoms with Gasteiger partial charge in [0.15, 0.2) is 0 Å². The molecular weight excluding hydrogens is 250 g/mol. The third-order valence-electron chi connectivity index (χ3n) is 4.13. The molecule has 4 heteroatoms. The molecule has 0 radical (unpaired) electrons. The van der Waals surface area contributed by atoms with Crippen LogP contribution in [0.25, 0.3) is 11.3 Å². The second-order valence-electron chi connectivity index (χ2n) is 5.54. The molecule has 1 aromatic carbocycles. The van der Waals surface area contributed by atoms with E-state index in [-0.39, 0.29) is 6.61 Å². The van der Waals surface area contributed by atoms with Gasteiger partial charge in [-0.05, 0) is 31.0 Å². The Morgan fingerprint density at radius 2 is 2.30 bits per heavy atom. The van der Waals surface area contributed by atoms with Crippen molar-refractivity contribution >= 4 is 0 Å². The van der Waals surface area contributed by atoms with Crippen molar-refractivity contribution in [3.63, 3.8) is 0 Å². The van der Waals surface area contributed by atoms with Crippen LogP contribution >= 0.6 is 0 Å². The van der Waals surface area contributed by atoms with Crippen LogP contribution in [-0.4, -0.2) is 38.8 Å². The van der Waals surface area contributed by atoms with E-state index in [0.29, 0.717) is 6.04 Å². The topological polar surface area (TPSA) is 41.3 Å². The molecule has 0 saturated carbocycles. The molecule has 1 aromatic heterocycles. The molecule has 1 aliphatic rings. The number of aliphatic hydroxyl groups excluding tert-OH is 1. The second-order valence-corrected chi connectivity index (χ2v) is 5.54. The Morgan fingerprint density at radius 3 is 3.05 bits per heavy atom. The van der Waals surface area contributed by atoms with Gasteiger partial charge >= 0.3 is 0 Å². The fraction of sp³-hybridized carbons (Fsp3) is 0.438. The van der Waals surface area contributed by atoms with Gasteiger partial charge in [0.1, 0.15) is 0 Å². The summed E-state index contributed by atoms with van der Waals surface area (Å²) in [4.78, 5) is 6.55. The van der Waals surface area contributed by atoms with Gasteiger partial charge in [-0.2, -0.15) is 0 Å². The lowest BCUT2D eigenvalue weighted by molar-refractivity contribution is 0.153. The molecule has 2 heterocycles. The van der Waals surface area contributed by atoms with E-state index in [1.807, 2.05) is 24.1 Å². The Bertz CT molecular complexity index is 579. The summed E-state index contributed by atoms with van der Waals surface area (Å²) in [6.45, 7) is 2.26. The SMILES string of the molecule is Cn1cncc1-c1cccc(CN2CCC[C@H]2CO)c1. The first-order chi connectivity index (χ1) is 9.78. The summed E-state index contributed by atoms with van der Waals surface area (Å²) in [5.41, 5.74) is 3.62. The molecule has 1 aliphatic heterocycles. The summed E-state index contributed by atoms with van der Waals surface area (Å²) in [6, 6.07) is 8.93. The average Bonchev–Trinajstić information content (AvgIpc) is 3.08. The first kappa shape index (κ1) is 13.3. The lowest BCUT2D eigenvalue weighted by Gasteiger charge is -2.22. The highest BCUT2D eigenvalue weighted by Gasteiger charge is 2.23. The van der Waals surface area contributed by atoms with Gasteiger partial charge in [0.05, 0.1) is 24.8 Å². The summed E-state index contributed by atoms with van der Waals surface area (Å²) in [6.07, 6.45) is 6.01. The maximum Gasteiger partial charge on any atom is 0.0948 e. The summed E-state index contributed by atoms with van der Waals surface area (Å²) in [7, 11) is 2.01. The molecule has 0 unspecified atom stereocenters. The van der Waals surface area contributed by atoms with Crippen LogP contribution in [0.1, 0.15) is 18.4 Å². The highest BCUT2D eigenvalue weighted by molar-refractivity contribution is 5.59. The third-order valence-corrected chi connectivity index (χ3v) is 4.13. The van der Waals surface area contributed by atoms with Gasteiger partial charge in [0.25, 0.3) is 0 Å². The van der Waals surface area contributed by atoms with E-state index in [2.05, 4.69) is 34.1 Å². The molecule has 1 saturated heterocycles. The van der Waals surface area contributed by atoms with Crippen molar-refractivity contribution in [1.29, 1.82) is 0 Å². The van der Waals surface area contributed by atoms with Crippen molar-refractivity contribution in [3.8, 4) is 11.3 Å². The van der Waals surface area contributed by atoms with Gasteiger partial charge in [-0.3, -0.25) is 4.90 Å². The minimum atomic E-state index is 0.265. The van der Waals surface area contributed by atoms with E-state index in [0.717, 1.165) is 25.2 Å². The molecule has 1 fully saturated rings. The van der Waals surface area contributed by atoms with Crippen molar-refractivity contribution in [2.24, 2.45) is 7.05 Å². The number of aliphatic hydroxyl groups is 1. The van der Waals surface area contributed by atoms with Crippen LogP contribution in [-0.2, 0) is 13.6 Å². The minimum Gasteiger partial charge on any atom is -0.395 e. The van der Waals surface area contributed by atoms with Crippen LogP contribution < -0.4 is 0 Å². The van der Waals surface area contributed by atoms with E-state index < -0.39 is 0 Å². The highest BCUT2D eigenvalue weighted by Crippen LogP contribution is 2.23. The molecule has 3 rings (SSSR count). The lowest BCUT2D eigenvalue weighted by Crippen LogP contribution is -2.31. The quantitative estimate of drug-likeness (QED) is 0.925. The molecule has 4 nitrogen and oxygen atoms in total. The molecule has 20 heavy (non-hydrogen) atoms. The number of hydrogen-bond acceptors (Lipinski definition) is 3. The van der Waals surface area contributed by atoms with Crippen LogP contribution in [0.5, 0.6) is 0 Å². The molecule has 0 spiro atoms. The van der Waals surface area contributed by atoms with Crippen LogP contribution in [0.15, 0.2) is 36.8 Å². The lowest BCUT2D eigenvalue weighted by atomic mass is 10.1. The zero-order valence-corrected chi connectivity index (χ0v) is 11.9. The Balaban J connectivity index is 1.80. The van der Waals surface area contributed by atoms with Crippen molar-refractivity contribution in [2.75, 3.05) is 13.2 Å². The maximum atomic E-state index is 9.40. The fourth-order valence-corrected chi connectivity index (χ4v) is 3.01. The molecule has 0 aliphatic carbocycles. The highest BCUT2D eigenvalue weighted by atomic mass is 16.3. The maximum absolute atomic E-state index is 9.40. The second kappa shape index (κ2) is 5.77. The van der Waals surface area contributed by atoms with Gasteiger partial charge < -0.3 is 9.67 Å². The van der Waals surface area contributed by atoms with Crippen LogP contribution in [0.4, 0.5) is 0 Å². The molecular formula is C16H21N3O. The van der Waals surface area contributed by atoms with E-state index in [1.54, 1.807) is 0 Å². The van der Waals surface area contributed by atoms with Crippen molar-refractivity contribution in [1.82, 2.24) is 14.5 Å². The molecule has 2 aromatic rings. The minimum absolute atomic E-state index is 0.265. The molecule has 1 N–H and O–H groups in total. The molecule has 0 bridgehead atoms. The predicted octanol–water partition coefficient (Wildman–Crippen LogP) is 2.04. The summed E-state index contributed by atoms with van der Waals surface area (Å²) in [5.74, 6) is 0. The first-order valence-corrected chi connectivity index (χ1v) is 7.18. The number of nitrogens with zero attached hydrogens (tertiary/aromatic N) is 3. The van der Waals surface area contributed by atoms with Gasteiger partial charge in [-0.25, -0.2) is 4.98 Å². The van der Waals surface area contributed by atoms with E-state index in [1.165, 1.54) is 17.5 Å². The summed E-state index contributed by atoms with van der Waals surface area (Å²) < 4.78 is 2.03. The summed E-state index contributed by atoms with van der Waals surface area (Å²) in [5, 5.41) is 9.40. The van der Waals surface area contributed by atoms with Gasteiger partial charge in [-0.1, -0.05) is 18.2 Å². The van der Waals surface area contributed by atoms with Crippen molar-refractivity contribution in [3.05, 3.63) is 42.4 Å². The third kappa shape index (κ3) is 2.62. The monoisotopic (exact) mass is 271 g/mol. The number of hydrogen-bond donors (Lipinski definition) is 1. The van der Waals surface area contributed by atoms with E-state index >= 15 is 0 Å². The zero-order chi connectivity index (χ0) is 13.9. The number of likely N-dealkylation sites (tertiary alicyclic amines) is 1. The summed E-state index contributed by atoms with van der Waals surface area (Å²) >= 11 is 0. The Hall–Kier alpha value is -1.65. The van der Waals surface area contributed by atoms with Crippen molar-refractivity contribution < 1.29 is 5.11 Å². The number of benzene rings is 1. The van der Waals surface area contributed by atoms with Gasteiger partial charge in [-0.15, -0.1) is 0 Å². The molecule has 0 amide bonds. The largest absolute Gasteiger partial charge is 0.395 e. The van der Waals surface area contributed by atoms with E-state index in [9.17, 15) is 5.11 Å². The van der Waals surface area contributed by atoms with Gasteiger partial charge in [0, 0.05) is 25.2 Å². The number of aromatic nitrogens is 2. The number of rotatable bonds is 4. The first-order valence-electron chi connectivity index (χ1n) is 7.18. The Morgan fingerprint density at radius 1 is 1.40 bits per heavy atom. The Kier molecular flexibility index (Phi) is 3.85. The molecule has 1 atom stereocenters. The average molecular weight is 271 g/mol. The van der Waals surface area contributed by atoms with E-state index in [4.69, 9.17) is 0 Å². The Labute approximate surface area is 119 Å². The normalized spacial score (nSPS) is 19.6. The van der Waals surface area contributed by atoms with Gasteiger partial charge in [0.2, 0.25) is 0 Å². The van der Waals surface area contributed by atoms with Crippen LogP contribution in [0.3, 0.4) is 0 Å². The van der Waals surface area contributed by atoms with Crippen molar-refractivity contribution in [2.45, 2.75) is 25.4 Å². The number of aryl methyl sites for hydroxylation is 1. The number of imidazole rings is 1. The predicted molar refractivity (Wildman–Crippen MR) is 79.2 cm³/mol. The zero-order valence-electron chi connectivity index (χ0n) is 11.9. The smallest absolute Gasteiger partial charge is 0.0948 e.